The number of ketones is 1. The molecule has 0 atom stereocenters. The molecular formula is C16H18N4O2. The molecule has 114 valence electrons. The molecule has 0 fully saturated rings. The highest BCUT2D eigenvalue weighted by atomic mass is 16.2. The van der Waals surface area contributed by atoms with E-state index in [1.165, 1.54) is 13.3 Å². The zero-order valence-corrected chi connectivity index (χ0v) is 12.8. The van der Waals surface area contributed by atoms with Gasteiger partial charge in [0.05, 0.1) is 0 Å². The summed E-state index contributed by atoms with van der Waals surface area (Å²) in [6, 6.07) is 8.57. The van der Waals surface area contributed by atoms with E-state index in [4.69, 9.17) is 0 Å². The van der Waals surface area contributed by atoms with E-state index in [-0.39, 0.29) is 23.4 Å². The van der Waals surface area contributed by atoms with Crippen LogP contribution >= 0.6 is 0 Å². The van der Waals surface area contributed by atoms with Gasteiger partial charge in [0.2, 0.25) is 0 Å². The topological polar surface area (TPSA) is 84.0 Å². The fourth-order valence-electron chi connectivity index (χ4n) is 1.87. The molecule has 2 N–H and O–H groups in total. The lowest BCUT2D eigenvalue weighted by molar-refractivity contribution is 0.100. The van der Waals surface area contributed by atoms with Crippen LogP contribution in [0.25, 0.3) is 0 Å². The molecule has 1 amide bonds. The van der Waals surface area contributed by atoms with Crippen LogP contribution in [0, 0.1) is 0 Å². The Morgan fingerprint density at radius 2 is 1.91 bits per heavy atom. The van der Waals surface area contributed by atoms with Crippen LogP contribution in [0.15, 0.2) is 36.7 Å². The lowest BCUT2D eigenvalue weighted by Crippen LogP contribution is -2.16. The van der Waals surface area contributed by atoms with Crippen molar-refractivity contribution in [1.29, 1.82) is 0 Å². The number of nitrogens with zero attached hydrogens (tertiary/aromatic N) is 2. The molecule has 6 nitrogen and oxygen atoms in total. The Morgan fingerprint density at radius 1 is 1.14 bits per heavy atom. The average Bonchev–Trinajstić information content (AvgIpc) is 2.47. The standard InChI is InChI=1S/C16H18N4O2/c1-10(2)19-15-8-14(17-9-18-15)16(22)20-13-6-4-5-12(7-13)11(3)21/h4-10H,1-3H3,(H,20,22)(H,17,18,19). The van der Waals surface area contributed by atoms with Gasteiger partial charge in [-0.15, -0.1) is 0 Å². The Morgan fingerprint density at radius 3 is 2.59 bits per heavy atom. The van der Waals surface area contributed by atoms with Crippen LogP contribution in [-0.4, -0.2) is 27.7 Å². The van der Waals surface area contributed by atoms with Crippen molar-refractivity contribution in [2.45, 2.75) is 26.8 Å². The van der Waals surface area contributed by atoms with Gasteiger partial charge in [0.15, 0.2) is 5.78 Å². The summed E-state index contributed by atoms with van der Waals surface area (Å²) in [5.41, 5.74) is 1.35. The monoisotopic (exact) mass is 298 g/mol. The highest BCUT2D eigenvalue weighted by molar-refractivity contribution is 6.04. The van der Waals surface area contributed by atoms with E-state index in [2.05, 4.69) is 20.6 Å². The van der Waals surface area contributed by atoms with E-state index in [0.717, 1.165) is 0 Å². The van der Waals surface area contributed by atoms with E-state index in [9.17, 15) is 9.59 Å². The molecule has 0 aliphatic heterocycles. The Bertz CT molecular complexity index is 698. The van der Waals surface area contributed by atoms with Crippen LogP contribution in [0.1, 0.15) is 41.6 Å². The molecule has 1 aromatic heterocycles. The summed E-state index contributed by atoms with van der Waals surface area (Å²) in [6.07, 6.45) is 1.34. The number of rotatable bonds is 5. The van der Waals surface area contributed by atoms with E-state index < -0.39 is 0 Å². The number of amides is 1. The van der Waals surface area contributed by atoms with E-state index in [1.54, 1.807) is 30.3 Å². The minimum absolute atomic E-state index is 0.0541. The van der Waals surface area contributed by atoms with Crippen LogP contribution in [0.3, 0.4) is 0 Å². The number of hydrogen-bond acceptors (Lipinski definition) is 5. The third-order valence-corrected chi connectivity index (χ3v) is 2.86. The van der Waals surface area contributed by atoms with E-state index in [0.29, 0.717) is 17.1 Å². The first-order valence-corrected chi connectivity index (χ1v) is 6.96. The van der Waals surface area contributed by atoms with Crippen molar-refractivity contribution in [3.63, 3.8) is 0 Å². The summed E-state index contributed by atoms with van der Waals surface area (Å²) in [6.45, 7) is 5.44. The molecule has 1 heterocycles. The fourth-order valence-corrected chi connectivity index (χ4v) is 1.87. The molecule has 0 bridgehead atoms. The number of nitrogens with one attached hydrogen (secondary N) is 2. The van der Waals surface area contributed by atoms with Gasteiger partial charge < -0.3 is 10.6 Å². The zero-order valence-electron chi connectivity index (χ0n) is 12.8. The molecule has 0 radical (unpaired) electrons. The van der Waals surface area contributed by atoms with Crippen molar-refractivity contribution in [3.8, 4) is 0 Å². The summed E-state index contributed by atoms with van der Waals surface area (Å²) >= 11 is 0. The summed E-state index contributed by atoms with van der Waals surface area (Å²) in [5, 5.41) is 5.84. The second kappa shape index (κ2) is 6.80. The van der Waals surface area contributed by atoms with Crippen LogP contribution in [-0.2, 0) is 0 Å². The average molecular weight is 298 g/mol. The van der Waals surface area contributed by atoms with Gasteiger partial charge in [-0.2, -0.15) is 0 Å². The Labute approximate surface area is 129 Å². The van der Waals surface area contributed by atoms with E-state index in [1.807, 2.05) is 13.8 Å². The molecule has 6 heteroatoms. The predicted molar refractivity (Wildman–Crippen MR) is 85.2 cm³/mol. The van der Waals surface area contributed by atoms with Crippen molar-refractivity contribution < 1.29 is 9.59 Å². The minimum atomic E-state index is -0.352. The molecule has 2 rings (SSSR count). The molecule has 0 aliphatic carbocycles. The van der Waals surface area contributed by atoms with Crippen molar-refractivity contribution in [2.75, 3.05) is 10.6 Å². The van der Waals surface area contributed by atoms with Gasteiger partial charge in [0.1, 0.15) is 17.8 Å². The lowest BCUT2D eigenvalue weighted by atomic mass is 10.1. The number of carbonyl (C=O) groups excluding carboxylic acids is 2. The van der Waals surface area contributed by atoms with Crippen LogP contribution < -0.4 is 10.6 Å². The van der Waals surface area contributed by atoms with Gasteiger partial charge >= 0.3 is 0 Å². The first-order chi connectivity index (χ1) is 10.5. The van der Waals surface area contributed by atoms with E-state index >= 15 is 0 Å². The highest BCUT2D eigenvalue weighted by Crippen LogP contribution is 2.13. The molecule has 0 saturated heterocycles. The lowest BCUT2D eigenvalue weighted by Gasteiger charge is -2.10. The maximum Gasteiger partial charge on any atom is 0.274 e. The number of anilines is 2. The van der Waals surface area contributed by atoms with Gasteiger partial charge in [0.25, 0.3) is 5.91 Å². The summed E-state index contributed by atoms with van der Waals surface area (Å²) in [7, 11) is 0. The summed E-state index contributed by atoms with van der Waals surface area (Å²) in [4.78, 5) is 31.6. The van der Waals surface area contributed by atoms with Crippen molar-refractivity contribution in [1.82, 2.24) is 9.97 Å². The summed E-state index contributed by atoms with van der Waals surface area (Å²) < 4.78 is 0. The van der Waals surface area contributed by atoms with Gasteiger partial charge in [-0.3, -0.25) is 9.59 Å². The van der Waals surface area contributed by atoms with Crippen LogP contribution in [0.4, 0.5) is 11.5 Å². The molecule has 1 aromatic carbocycles. The second-order valence-electron chi connectivity index (χ2n) is 5.18. The normalized spacial score (nSPS) is 10.4. The minimum Gasteiger partial charge on any atom is -0.368 e. The summed E-state index contributed by atoms with van der Waals surface area (Å²) in [5.74, 6) is 0.184. The first-order valence-electron chi connectivity index (χ1n) is 6.96. The predicted octanol–water partition coefficient (Wildman–Crippen LogP) is 2.75. The second-order valence-corrected chi connectivity index (χ2v) is 5.18. The van der Waals surface area contributed by atoms with Gasteiger partial charge in [-0.05, 0) is 32.9 Å². The maximum atomic E-state index is 12.2. The Hall–Kier alpha value is -2.76. The quantitative estimate of drug-likeness (QED) is 0.829. The van der Waals surface area contributed by atoms with Gasteiger partial charge in [-0.25, -0.2) is 9.97 Å². The smallest absolute Gasteiger partial charge is 0.274 e. The number of carbonyl (C=O) groups is 2. The first kappa shape index (κ1) is 15.6. The molecule has 0 aliphatic rings. The molecular weight excluding hydrogens is 280 g/mol. The molecule has 0 saturated carbocycles. The van der Waals surface area contributed by atoms with Crippen LogP contribution in [0.5, 0.6) is 0 Å². The van der Waals surface area contributed by atoms with Gasteiger partial charge in [-0.1, -0.05) is 12.1 Å². The molecule has 2 aromatic rings. The highest BCUT2D eigenvalue weighted by Gasteiger charge is 2.10. The number of aromatic nitrogens is 2. The number of benzene rings is 1. The molecule has 22 heavy (non-hydrogen) atoms. The molecule has 0 spiro atoms. The SMILES string of the molecule is CC(=O)c1cccc(NC(=O)c2cc(NC(C)C)ncn2)c1. The number of hydrogen-bond donors (Lipinski definition) is 2. The Kier molecular flexibility index (Phi) is 4.83. The largest absolute Gasteiger partial charge is 0.368 e. The Balaban J connectivity index is 2.15. The fraction of sp³-hybridized carbons (Fsp3) is 0.250. The van der Waals surface area contributed by atoms with Crippen molar-refractivity contribution >= 4 is 23.2 Å². The van der Waals surface area contributed by atoms with Gasteiger partial charge in [0, 0.05) is 23.4 Å². The molecule has 0 unspecified atom stereocenters. The zero-order chi connectivity index (χ0) is 16.1. The maximum absolute atomic E-state index is 12.2. The number of Topliss-reactive ketones (excluding diaryl/α,β-unsaturated/α-hetero) is 1. The van der Waals surface area contributed by atoms with Crippen LogP contribution in [0.2, 0.25) is 0 Å². The third-order valence-electron chi connectivity index (χ3n) is 2.86. The van der Waals surface area contributed by atoms with Crippen molar-refractivity contribution in [2.24, 2.45) is 0 Å². The third kappa shape index (κ3) is 4.12. The van der Waals surface area contributed by atoms with Crippen molar-refractivity contribution in [3.05, 3.63) is 47.9 Å².